The molecule has 0 saturated heterocycles. The highest BCUT2D eigenvalue weighted by Gasteiger charge is 2.25. The molecule has 0 amide bonds. The Morgan fingerprint density at radius 1 is 1.15 bits per heavy atom. The van der Waals surface area contributed by atoms with Crippen LogP contribution in [0.4, 0.5) is 4.39 Å². The van der Waals surface area contributed by atoms with Gasteiger partial charge in [0.05, 0.1) is 13.2 Å². The van der Waals surface area contributed by atoms with Crippen molar-refractivity contribution in [3.63, 3.8) is 0 Å². The monoisotopic (exact) mass is 281 g/mol. The van der Waals surface area contributed by atoms with Crippen molar-refractivity contribution in [1.82, 2.24) is 0 Å². The van der Waals surface area contributed by atoms with Gasteiger partial charge in [-0.2, -0.15) is 0 Å². The van der Waals surface area contributed by atoms with E-state index < -0.39 is 5.67 Å². The third kappa shape index (κ3) is 3.63. The van der Waals surface area contributed by atoms with E-state index in [1.54, 1.807) is 19.9 Å². The zero-order valence-electron chi connectivity index (χ0n) is 12.4. The van der Waals surface area contributed by atoms with E-state index in [-0.39, 0.29) is 0 Å². The summed E-state index contributed by atoms with van der Waals surface area (Å²) in [5, 5.41) is 0. The maximum atomic E-state index is 14.4. The van der Waals surface area contributed by atoms with Crippen LogP contribution in [0.3, 0.4) is 0 Å². The van der Waals surface area contributed by atoms with E-state index in [4.69, 9.17) is 15.2 Å². The standard InChI is InChI=1S/C16H24FNO2/c1-16(2,17)13-11-15-14(19-8-5-9-20-15)10-12(13)6-3-4-7-18/h10-11H,3-9,18H2,1-2H3. The zero-order chi connectivity index (χ0) is 14.6. The highest BCUT2D eigenvalue weighted by molar-refractivity contribution is 5.49. The minimum absolute atomic E-state index is 0.617. The lowest BCUT2D eigenvalue weighted by Gasteiger charge is -2.21. The molecule has 2 rings (SSSR count). The smallest absolute Gasteiger partial charge is 0.161 e. The molecule has 1 aliphatic rings. The third-order valence-corrected chi connectivity index (χ3v) is 3.51. The molecule has 4 heteroatoms. The van der Waals surface area contributed by atoms with Gasteiger partial charge in [-0.05, 0) is 62.9 Å². The van der Waals surface area contributed by atoms with E-state index in [2.05, 4.69) is 0 Å². The van der Waals surface area contributed by atoms with Gasteiger partial charge in [-0.1, -0.05) is 0 Å². The molecule has 0 atom stereocenters. The SMILES string of the molecule is CC(C)(F)c1cc2c(cc1CCCCN)OCCCO2. The van der Waals surface area contributed by atoms with Crippen molar-refractivity contribution in [3.05, 3.63) is 23.3 Å². The summed E-state index contributed by atoms with van der Waals surface area (Å²) in [6, 6.07) is 3.74. The van der Waals surface area contributed by atoms with Gasteiger partial charge >= 0.3 is 0 Å². The fraction of sp³-hybridized carbons (Fsp3) is 0.625. The summed E-state index contributed by atoms with van der Waals surface area (Å²) in [4.78, 5) is 0. The molecule has 0 fully saturated rings. The predicted molar refractivity (Wildman–Crippen MR) is 78.2 cm³/mol. The first-order valence-corrected chi connectivity index (χ1v) is 7.34. The van der Waals surface area contributed by atoms with E-state index in [0.717, 1.165) is 37.0 Å². The number of nitrogens with two attached hydrogens (primary N) is 1. The van der Waals surface area contributed by atoms with Crippen LogP contribution >= 0.6 is 0 Å². The third-order valence-electron chi connectivity index (χ3n) is 3.51. The number of ether oxygens (including phenoxy) is 2. The largest absolute Gasteiger partial charge is 0.490 e. The molecule has 20 heavy (non-hydrogen) atoms. The molecule has 0 spiro atoms. The molecule has 1 heterocycles. The number of fused-ring (bicyclic) bond motifs is 1. The molecule has 112 valence electrons. The Morgan fingerprint density at radius 3 is 2.40 bits per heavy atom. The topological polar surface area (TPSA) is 44.5 Å². The average molecular weight is 281 g/mol. The van der Waals surface area contributed by atoms with Crippen molar-refractivity contribution in [1.29, 1.82) is 0 Å². The lowest BCUT2D eigenvalue weighted by atomic mass is 9.91. The Hall–Kier alpha value is -1.29. The molecule has 3 nitrogen and oxygen atoms in total. The number of hydrogen-bond acceptors (Lipinski definition) is 3. The molecule has 0 saturated carbocycles. The number of aryl methyl sites for hydroxylation is 1. The predicted octanol–water partition coefficient (Wildman–Crippen LogP) is 3.33. The van der Waals surface area contributed by atoms with Gasteiger partial charge < -0.3 is 15.2 Å². The van der Waals surface area contributed by atoms with Crippen LogP contribution in [-0.4, -0.2) is 19.8 Å². The second kappa shape index (κ2) is 6.44. The molecule has 1 aromatic carbocycles. The van der Waals surface area contributed by atoms with Crippen LogP contribution in [0.1, 0.15) is 44.2 Å². The molecule has 0 radical (unpaired) electrons. The van der Waals surface area contributed by atoms with Gasteiger partial charge in [0.1, 0.15) is 5.67 Å². The number of halogens is 1. The minimum Gasteiger partial charge on any atom is -0.490 e. The van der Waals surface area contributed by atoms with Gasteiger partial charge in [-0.25, -0.2) is 4.39 Å². The first-order chi connectivity index (χ1) is 9.52. The minimum atomic E-state index is -1.39. The summed E-state index contributed by atoms with van der Waals surface area (Å²) in [5.74, 6) is 1.39. The molecule has 1 aliphatic heterocycles. The van der Waals surface area contributed by atoms with Crippen molar-refractivity contribution >= 4 is 0 Å². The summed E-state index contributed by atoms with van der Waals surface area (Å²) < 4.78 is 25.8. The fourth-order valence-electron chi connectivity index (χ4n) is 2.47. The van der Waals surface area contributed by atoms with Gasteiger partial charge in [0, 0.05) is 6.42 Å². The Bertz CT molecular complexity index is 455. The van der Waals surface area contributed by atoms with E-state index in [0.29, 0.717) is 31.1 Å². The van der Waals surface area contributed by atoms with E-state index in [1.165, 1.54) is 0 Å². The van der Waals surface area contributed by atoms with Crippen LogP contribution in [0.5, 0.6) is 11.5 Å². The van der Waals surface area contributed by atoms with Gasteiger partial charge in [0.15, 0.2) is 11.5 Å². The van der Waals surface area contributed by atoms with Crippen LogP contribution < -0.4 is 15.2 Å². The quantitative estimate of drug-likeness (QED) is 0.842. The maximum Gasteiger partial charge on any atom is 0.161 e. The Morgan fingerprint density at radius 2 is 1.80 bits per heavy atom. The van der Waals surface area contributed by atoms with E-state index in [1.807, 2.05) is 6.07 Å². The lowest BCUT2D eigenvalue weighted by Crippen LogP contribution is -2.13. The highest BCUT2D eigenvalue weighted by atomic mass is 19.1. The van der Waals surface area contributed by atoms with Crippen molar-refractivity contribution in [2.45, 2.75) is 45.2 Å². The average Bonchev–Trinajstić information content (AvgIpc) is 2.61. The lowest BCUT2D eigenvalue weighted by molar-refractivity contribution is 0.218. The molecule has 0 unspecified atom stereocenters. The molecule has 1 aromatic rings. The van der Waals surface area contributed by atoms with Crippen LogP contribution in [0, 0.1) is 0 Å². The molecule has 0 bridgehead atoms. The van der Waals surface area contributed by atoms with Crippen molar-refractivity contribution in [2.24, 2.45) is 5.73 Å². The number of benzene rings is 1. The second-order valence-electron chi connectivity index (χ2n) is 5.72. The normalized spacial score (nSPS) is 15.0. The van der Waals surface area contributed by atoms with Crippen LogP contribution in [0.2, 0.25) is 0 Å². The van der Waals surface area contributed by atoms with Gasteiger partial charge in [-0.3, -0.25) is 0 Å². The second-order valence-corrected chi connectivity index (χ2v) is 5.72. The highest BCUT2D eigenvalue weighted by Crippen LogP contribution is 2.38. The Kier molecular flexibility index (Phi) is 4.86. The first kappa shape index (κ1) is 15.1. The van der Waals surface area contributed by atoms with Gasteiger partial charge in [-0.15, -0.1) is 0 Å². The molecular formula is C16H24FNO2. The molecule has 2 N–H and O–H groups in total. The van der Waals surface area contributed by atoms with Crippen molar-refractivity contribution < 1.29 is 13.9 Å². The summed E-state index contributed by atoms with van der Waals surface area (Å²) in [6.07, 6.45) is 3.57. The first-order valence-electron chi connectivity index (χ1n) is 7.34. The Balaban J connectivity index is 2.33. The fourth-order valence-corrected chi connectivity index (χ4v) is 2.47. The maximum absolute atomic E-state index is 14.4. The van der Waals surface area contributed by atoms with Gasteiger partial charge in [0.25, 0.3) is 0 Å². The van der Waals surface area contributed by atoms with Gasteiger partial charge in [0.2, 0.25) is 0 Å². The summed E-state index contributed by atoms with van der Waals surface area (Å²) in [5.41, 5.74) is 5.83. The summed E-state index contributed by atoms with van der Waals surface area (Å²) >= 11 is 0. The molecule has 0 aliphatic carbocycles. The summed E-state index contributed by atoms with van der Waals surface area (Å²) in [7, 11) is 0. The van der Waals surface area contributed by atoms with Crippen molar-refractivity contribution in [2.75, 3.05) is 19.8 Å². The van der Waals surface area contributed by atoms with Crippen LogP contribution in [-0.2, 0) is 12.1 Å². The van der Waals surface area contributed by atoms with Crippen LogP contribution in [0.15, 0.2) is 12.1 Å². The summed E-state index contributed by atoms with van der Waals surface area (Å²) in [6.45, 7) is 5.09. The molecular weight excluding hydrogens is 257 g/mol. The number of unbranched alkanes of at least 4 members (excludes halogenated alkanes) is 1. The number of rotatable bonds is 5. The zero-order valence-corrected chi connectivity index (χ0v) is 12.4. The number of alkyl halides is 1. The molecule has 0 aromatic heterocycles. The van der Waals surface area contributed by atoms with Crippen molar-refractivity contribution in [3.8, 4) is 11.5 Å². The Labute approximate surface area is 120 Å². The number of hydrogen-bond donors (Lipinski definition) is 1. The van der Waals surface area contributed by atoms with Crippen LogP contribution in [0.25, 0.3) is 0 Å². The van der Waals surface area contributed by atoms with E-state index >= 15 is 0 Å². The van der Waals surface area contributed by atoms with E-state index in [9.17, 15) is 4.39 Å².